The molecule has 0 aromatic rings. The molecule has 2 aliphatic heterocycles. The molecule has 15 heavy (non-hydrogen) atoms. The van der Waals surface area contributed by atoms with Crippen molar-refractivity contribution in [2.24, 2.45) is 5.92 Å². The SMILES string of the molecule is CC(NC(=O)[C@@H]1CCNC1)C1CCCO1. The van der Waals surface area contributed by atoms with E-state index >= 15 is 0 Å². The van der Waals surface area contributed by atoms with Gasteiger partial charge in [0.05, 0.1) is 18.1 Å². The van der Waals surface area contributed by atoms with Gasteiger partial charge in [0.25, 0.3) is 0 Å². The lowest BCUT2D eigenvalue weighted by Gasteiger charge is -2.21. The van der Waals surface area contributed by atoms with E-state index in [1.165, 1.54) is 0 Å². The number of hydrogen-bond donors (Lipinski definition) is 2. The van der Waals surface area contributed by atoms with Crippen molar-refractivity contribution in [1.82, 2.24) is 10.6 Å². The lowest BCUT2D eigenvalue weighted by molar-refractivity contribution is -0.125. The van der Waals surface area contributed by atoms with E-state index in [1.54, 1.807) is 0 Å². The van der Waals surface area contributed by atoms with Crippen LogP contribution in [0, 0.1) is 5.92 Å². The van der Waals surface area contributed by atoms with Crippen molar-refractivity contribution in [2.45, 2.75) is 38.3 Å². The zero-order chi connectivity index (χ0) is 10.7. The van der Waals surface area contributed by atoms with E-state index in [-0.39, 0.29) is 24.0 Å². The maximum absolute atomic E-state index is 11.8. The second-order valence-corrected chi connectivity index (χ2v) is 4.54. The molecule has 0 spiro atoms. The van der Waals surface area contributed by atoms with Crippen LogP contribution in [0.2, 0.25) is 0 Å². The third-order valence-corrected chi connectivity index (χ3v) is 3.32. The molecule has 0 aliphatic carbocycles. The van der Waals surface area contributed by atoms with E-state index in [0.717, 1.165) is 39.0 Å². The second kappa shape index (κ2) is 4.94. The highest BCUT2D eigenvalue weighted by atomic mass is 16.5. The van der Waals surface area contributed by atoms with Crippen LogP contribution in [0.15, 0.2) is 0 Å². The molecule has 4 nitrogen and oxygen atoms in total. The summed E-state index contributed by atoms with van der Waals surface area (Å²) in [5.74, 6) is 0.344. The molecule has 4 heteroatoms. The average Bonchev–Trinajstić information content (AvgIpc) is 2.91. The van der Waals surface area contributed by atoms with Crippen LogP contribution in [0.3, 0.4) is 0 Å². The van der Waals surface area contributed by atoms with E-state index in [4.69, 9.17) is 4.74 Å². The summed E-state index contributed by atoms with van der Waals surface area (Å²) in [4.78, 5) is 11.8. The first-order chi connectivity index (χ1) is 7.27. The lowest BCUT2D eigenvalue weighted by Crippen LogP contribution is -2.44. The highest BCUT2D eigenvalue weighted by Crippen LogP contribution is 2.16. The number of rotatable bonds is 3. The Kier molecular flexibility index (Phi) is 3.59. The van der Waals surface area contributed by atoms with Crippen LogP contribution in [0.5, 0.6) is 0 Å². The molecule has 86 valence electrons. The Morgan fingerprint density at radius 2 is 2.40 bits per heavy atom. The van der Waals surface area contributed by atoms with E-state index in [0.29, 0.717) is 0 Å². The monoisotopic (exact) mass is 212 g/mol. The maximum Gasteiger partial charge on any atom is 0.224 e. The molecule has 2 saturated heterocycles. The quantitative estimate of drug-likeness (QED) is 0.706. The fraction of sp³-hybridized carbons (Fsp3) is 0.909. The fourth-order valence-corrected chi connectivity index (χ4v) is 2.31. The summed E-state index contributed by atoms with van der Waals surface area (Å²) in [7, 11) is 0. The van der Waals surface area contributed by atoms with Gasteiger partial charge >= 0.3 is 0 Å². The van der Waals surface area contributed by atoms with Gasteiger partial charge in [0.1, 0.15) is 0 Å². The van der Waals surface area contributed by atoms with Gasteiger partial charge in [-0.3, -0.25) is 4.79 Å². The van der Waals surface area contributed by atoms with Gasteiger partial charge in [-0.25, -0.2) is 0 Å². The van der Waals surface area contributed by atoms with Crippen LogP contribution < -0.4 is 10.6 Å². The average molecular weight is 212 g/mol. The molecule has 0 bridgehead atoms. The van der Waals surface area contributed by atoms with Gasteiger partial charge < -0.3 is 15.4 Å². The zero-order valence-corrected chi connectivity index (χ0v) is 9.29. The van der Waals surface area contributed by atoms with Gasteiger partial charge in [0.15, 0.2) is 0 Å². The number of carbonyl (C=O) groups is 1. The summed E-state index contributed by atoms with van der Waals surface area (Å²) in [6.45, 7) is 4.67. The predicted octanol–water partition coefficient (Wildman–Crippen LogP) is 0.280. The third-order valence-electron chi connectivity index (χ3n) is 3.32. The summed E-state index contributed by atoms with van der Waals surface area (Å²) < 4.78 is 5.55. The molecule has 0 radical (unpaired) electrons. The van der Waals surface area contributed by atoms with E-state index in [1.807, 2.05) is 6.92 Å². The van der Waals surface area contributed by atoms with Gasteiger partial charge in [-0.05, 0) is 32.7 Å². The Labute approximate surface area is 90.8 Å². The first-order valence-corrected chi connectivity index (χ1v) is 5.90. The third kappa shape index (κ3) is 2.69. The minimum atomic E-state index is 0.153. The van der Waals surface area contributed by atoms with Gasteiger partial charge in [0.2, 0.25) is 5.91 Å². The Morgan fingerprint density at radius 1 is 1.53 bits per heavy atom. The summed E-state index contributed by atoms with van der Waals surface area (Å²) >= 11 is 0. The molecule has 0 aromatic carbocycles. The van der Waals surface area contributed by atoms with Crippen molar-refractivity contribution in [2.75, 3.05) is 19.7 Å². The van der Waals surface area contributed by atoms with E-state index in [9.17, 15) is 4.79 Å². The van der Waals surface area contributed by atoms with Gasteiger partial charge in [-0.1, -0.05) is 0 Å². The molecular weight excluding hydrogens is 192 g/mol. The summed E-state index contributed by atoms with van der Waals surface area (Å²) in [5.41, 5.74) is 0. The van der Waals surface area contributed by atoms with Gasteiger partial charge in [0, 0.05) is 13.2 Å². The number of carbonyl (C=O) groups excluding carboxylic acids is 1. The molecule has 2 heterocycles. The van der Waals surface area contributed by atoms with Gasteiger partial charge in [-0.2, -0.15) is 0 Å². The second-order valence-electron chi connectivity index (χ2n) is 4.54. The van der Waals surface area contributed by atoms with Crippen molar-refractivity contribution in [3.05, 3.63) is 0 Å². The van der Waals surface area contributed by atoms with Crippen molar-refractivity contribution < 1.29 is 9.53 Å². The Hall–Kier alpha value is -0.610. The number of ether oxygens (including phenoxy) is 1. The van der Waals surface area contributed by atoms with Crippen LogP contribution in [-0.2, 0) is 9.53 Å². The molecule has 0 saturated carbocycles. The van der Waals surface area contributed by atoms with Crippen molar-refractivity contribution >= 4 is 5.91 Å². The molecule has 1 amide bonds. The van der Waals surface area contributed by atoms with Crippen LogP contribution in [0.4, 0.5) is 0 Å². The highest BCUT2D eigenvalue weighted by Gasteiger charge is 2.27. The number of nitrogens with one attached hydrogen (secondary N) is 2. The molecule has 2 fully saturated rings. The van der Waals surface area contributed by atoms with Crippen LogP contribution in [-0.4, -0.2) is 37.7 Å². The van der Waals surface area contributed by atoms with Crippen LogP contribution >= 0.6 is 0 Å². The predicted molar refractivity (Wildman–Crippen MR) is 57.6 cm³/mol. The van der Waals surface area contributed by atoms with Crippen molar-refractivity contribution in [3.8, 4) is 0 Å². The van der Waals surface area contributed by atoms with Crippen LogP contribution in [0.25, 0.3) is 0 Å². The molecule has 2 aliphatic rings. The molecule has 2 rings (SSSR count). The van der Waals surface area contributed by atoms with Crippen molar-refractivity contribution in [3.63, 3.8) is 0 Å². The van der Waals surface area contributed by atoms with Crippen LogP contribution in [0.1, 0.15) is 26.2 Å². The van der Waals surface area contributed by atoms with Crippen molar-refractivity contribution in [1.29, 1.82) is 0 Å². The molecule has 0 aromatic heterocycles. The standard InChI is InChI=1S/C11H20N2O2/c1-8(10-3-2-6-15-10)13-11(14)9-4-5-12-7-9/h8-10,12H,2-7H2,1H3,(H,13,14)/t8?,9-,10?/m1/s1. The first-order valence-electron chi connectivity index (χ1n) is 5.90. The minimum Gasteiger partial charge on any atom is -0.376 e. The number of amides is 1. The highest BCUT2D eigenvalue weighted by molar-refractivity contribution is 5.79. The summed E-state index contributed by atoms with van der Waals surface area (Å²) in [6.07, 6.45) is 3.38. The lowest BCUT2D eigenvalue weighted by atomic mass is 10.1. The summed E-state index contributed by atoms with van der Waals surface area (Å²) in [6, 6.07) is 0.153. The fourth-order valence-electron chi connectivity index (χ4n) is 2.31. The Bertz CT molecular complexity index is 221. The van der Waals surface area contributed by atoms with E-state index in [2.05, 4.69) is 10.6 Å². The molecular formula is C11H20N2O2. The number of hydrogen-bond acceptors (Lipinski definition) is 3. The largest absolute Gasteiger partial charge is 0.376 e. The molecule has 3 atom stereocenters. The zero-order valence-electron chi connectivity index (χ0n) is 9.29. The first kappa shape index (κ1) is 10.9. The molecule has 2 unspecified atom stereocenters. The maximum atomic E-state index is 11.8. The smallest absolute Gasteiger partial charge is 0.224 e. The van der Waals surface area contributed by atoms with E-state index < -0.39 is 0 Å². The summed E-state index contributed by atoms with van der Waals surface area (Å²) in [5, 5.41) is 6.26. The van der Waals surface area contributed by atoms with Gasteiger partial charge in [-0.15, -0.1) is 0 Å². The Morgan fingerprint density at radius 3 is 3.00 bits per heavy atom. The minimum absolute atomic E-state index is 0.153. The molecule has 2 N–H and O–H groups in total. The normalized spacial score (nSPS) is 32.9. The topological polar surface area (TPSA) is 50.4 Å². The Balaban J connectivity index is 1.77.